The largest absolute Gasteiger partial charge is 0.394 e. The van der Waals surface area contributed by atoms with Crippen LogP contribution in [0.1, 0.15) is 16.7 Å². The van der Waals surface area contributed by atoms with Gasteiger partial charge in [0.1, 0.15) is 18.3 Å². The van der Waals surface area contributed by atoms with Crippen molar-refractivity contribution >= 4 is 5.91 Å². The van der Waals surface area contributed by atoms with E-state index >= 15 is 0 Å². The van der Waals surface area contributed by atoms with Gasteiger partial charge in [-0.3, -0.25) is 14.2 Å². The predicted molar refractivity (Wildman–Crippen MR) is 60.0 cm³/mol. The molecule has 1 amide bonds. The lowest BCUT2D eigenvalue weighted by Crippen LogP contribution is -2.38. The number of primary amides is 1. The summed E-state index contributed by atoms with van der Waals surface area (Å²) in [5, 5.41) is 28.3. The Morgan fingerprint density at radius 3 is 2.68 bits per heavy atom. The summed E-state index contributed by atoms with van der Waals surface area (Å²) in [6.45, 7) is -0.517. The third kappa shape index (κ3) is 2.24. The molecule has 1 fully saturated rings. The number of nitrogens with zero attached hydrogens (tertiary/aromatic N) is 2. The van der Waals surface area contributed by atoms with Gasteiger partial charge in [0.05, 0.1) is 6.61 Å². The number of aromatic nitrogens is 2. The zero-order valence-corrected chi connectivity index (χ0v) is 9.71. The van der Waals surface area contributed by atoms with Crippen LogP contribution in [0.15, 0.2) is 17.2 Å². The molecule has 1 aliphatic rings. The van der Waals surface area contributed by atoms with Gasteiger partial charge < -0.3 is 25.8 Å². The molecular weight excluding hydrogens is 258 g/mol. The molecule has 0 bridgehead atoms. The first-order valence-corrected chi connectivity index (χ1v) is 5.46. The highest BCUT2D eigenvalue weighted by Crippen LogP contribution is 2.27. The van der Waals surface area contributed by atoms with Crippen LogP contribution in [0.25, 0.3) is 0 Å². The van der Waals surface area contributed by atoms with Crippen LogP contribution in [-0.4, -0.2) is 55.7 Å². The SMILES string of the molecule is NC(=O)c1nccn([C@@H]2O[C@H](CO)[C@@H](O)[C@H]2O)c1=O. The number of rotatable bonds is 3. The zero-order valence-electron chi connectivity index (χ0n) is 9.71. The van der Waals surface area contributed by atoms with E-state index in [2.05, 4.69) is 4.98 Å². The van der Waals surface area contributed by atoms with E-state index in [0.717, 1.165) is 10.8 Å². The lowest BCUT2D eigenvalue weighted by Gasteiger charge is -2.17. The first-order valence-electron chi connectivity index (χ1n) is 5.46. The molecular formula is C10H13N3O6. The lowest BCUT2D eigenvalue weighted by atomic mass is 10.1. The molecule has 0 spiro atoms. The van der Waals surface area contributed by atoms with Crippen molar-refractivity contribution in [1.82, 2.24) is 9.55 Å². The summed E-state index contributed by atoms with van der Waals surface area (Å²) >= 11 is 0. The minimum atomic E-state index is -1.42. The van der Waals surface area contributed by atoms with Crippen molar-refractivity contribution in [3.8, 4) is 0 Å². The average molecular weight is 271 g/mol. The van der Waals surface area contributed by atoms with Gasteiger partial charge in [0.2, 0.25) is 0 Å². The third-order valence-electron chi connectivity index (χ3n) is 2.89. The number of aliphatic hydroxyl groups excluding tert-OH is 3. The van der Waals surface area contributed by atoms with Gasteiger partial charge in [-0.1, -0.05) is 0 Å². The van der Waals surface area contributed by atoms with Crippen LogP contribution in [0.4, 0.5) is 0 Å². The van der Waals surface area contributed by atoms with E-state index in [1.54, 1.807) is 0 Å². The zero-order chi connectivity index (χ0) is 14.2. The van der Waals surface area contributed by atoms with E-state index in [4.69, 9.17) is 15.6 Å². The lowest BCUT2D eigenvalue weighted by molar-refractivity contribution is -0.0545. The molecule has 1 saturated heterocycles. The number of nitrogens with two attached hydrogens (primary N) is 1. The number of aliphatic hydroxyl groups is 3. The molecule has 1 aliphatic heterocycles. The second kappa shape index (κ2) is 5.05. The third-order valence-corrected chi connectivity index (χ3v) is 2.89. The number of amides is 1. The summed E-state index contributed by atoms with van der Waals surface area (Å²) in [4.78, 5) is 26.5. The molecule has 1 aromatic heterocycles. The molecule has 2 rings (SSSR count). The summed E-state index contributed by atoms with van der Waals surface area (Å²) in [6, 6.07) is 0. The maximum atomic E-state index is 11.9. The van der Waals surface area contributed by atoms with Crippen molar-refractivity contribution < 1.29 is 24.9 Å². The van der Waals surface area contributed by atoms with Crippen LogP contribution < -0.4 is 11.3 Å². The van der Waals surface area contributed by atoms with E-state index in [1.165, 1.54) is 6.20 Å². The Morgan fingerprint density at radius 2 is 2.16 bits per heavy atom. The van der Waals surface area contributed by atoms with Gasteiger partial charge in [0.25, 0.3) is 11.5 Å². The van der Waals surface area contributed by atoms with Crippen molar-refractivity contribution in [3.05, 3.63) is 28.4 Å². The summed E-state index contributed by atoms with van der Waals surface area (Å²) < 4.78 is 6.07. The van der Waals surface area contributed by atoms with Crippen LogP contribution in [0.3, 0.4) is 0 Å². The van der Waals surface area contributed by atoms with Gasteiger partial charge in [-0.05, 0) is 0 Å². The second-order valence-electron chi connectivity index (χ2n) is 4.08. The minimum absolute atomic E-state index is 0.500. The molecule has 19 heavy (non-hydrogen) atoms. The number of hydrogen-bond donors (Lipinski definition) is 4. The van der Waals surface area contributed by atoms with Gasteiger partial charge in [-0.2, -0.15) is 0 Å². The molecule has 1 aromatic rings. The summed E-state index contributed by atoms with van der Waals surface area (Å²) in [5.41, 5.74) is 3.65. The van der Waals surface area contributed by atoms with Gasteiger partial charge in [0.15, 0.2) is 11.9 Å². The molecule has 9 nitrogen and oxygen atoms in total. The van der Waals surface area contributed by atoms with Crippen molar-refractivity contribution in [2.45, 2.75) is 24.5 Å². The maximum Gasteiger partial charge on any atom is 0.284 e. The molecule has 0 radical (unpaired) electrons. The van der Waals surface area contributed by atoms with Crippen LogP contribution in [0, 0.1) is 0 Å². The molecule has 0 saturated carbocycles. The Labute approximate surface area is 106 Å². The van der Waals surface area contributed by atoms with E-state index in [-0.39, 0.29) is 0 Å². The highest BCUT2D eigenvalue weighted by Gasteiger charge is 2.43. The Kier molecular flexibility index (Phi) is 3.62. The fourth-order valence-corrected chi connectivity index (χ4v) is 1.90. The first kappa shape index (κ1) is 13.6. The number of carbonyl (C=O) groups excluding carboxylic acids is 1. The van der Waals surface area contributed by atoms with Crippen molar-refractivity contribution in [1.29, 1.82) is 0 Å². The van der Waals surface area contributed by atoms with Gasteiger partial charge in [-0.25, -0.2) is 4.98 Å². The van der Waals surface area contributed by atoms with E-state index in [0.29, 0.717) is 0 Å². The molecule has 5 N–H and O–H groups in total. The van der Waals surface area contributed by atoms with Crippen LogP contribution in [0.5, 0.6) is 0 Å². The highest BCUT2D eigenvalue weighted by atomic mass is 16.6. The Hall–Kier alpha value is -1.81. The van der Waals surface area contributed by atoms with Crippen molar-refractivity contribution in [2.75, 3.05) is 6.61 Å². The number of ether oxygens (including phenoxy) is 1. The monoisotopic (exact) mass is 271 g/mol. The molecule has 4 atom stereocenters. The summed E-state index contributed by atoms with van der Waals surface area (Å²) in [7, 11) is 0. The van der Waals surface area contributed by atoms with Crippen LogP contribution in [-0.2, 0) is 4.74 Å². The van der Waals surface area contributed by atoms with Crippen LogP contribution in [0.2, 0.25) is 0 Å². The molecule has 2 heterocycles. The quantitative estimate of drug-likeness (QED) is 0.456. The van der Waals surface area contributed by atoms with Gasteiger partial charge >= 0.3 is 0 Å². The fourth-order valence-electron chi connectivity index (χ4n) is 1.90. The second-order valence-corrected chi connectivity index (χ2v) is 4.08. The van der Waals surface area contributed by atoms with E-state index in [9.17, 15) is 19.8 Å². The topological polar surface area (TPSA) is 148 Å². The van der Waals surface area contributed by atoms with E-state index < -0.39 is 48.3 Å². The standard InChI is InChI=1S/C10H13N3O6/c11-8(17)5-9(18)13(2-1-12-5)10-7(16)6(15)4(3-14)19-10/h1-2,4,6-7,10,14-16H,3H2,(H2,11,17)/t4-,6-,7-,10-/m1/s1. The summed E-state index contributed by atoms with van der Waals surface area (Å²) in [5.74, 6) is -1.01. The molecule has 0 unspecified atom stereocenters. The molecule has 9 heteroatoms. The van der Waals surface area contributed by atoms with Crippen molar-refractivity contribution in [3.63, 3.8) is 0 Å². The van der Waals surface area contributed by atoms with Gasteiger partial charge in [-0.15, -0.1) is 0 Å². The molecule has 0 aliphatic carbocycles. The maximum absolute atomic E-state index is 11.9. The normalized spacial score (nSPS) is 30.5. The predicted octanol–water partition coefficient (Wildman–Crippen LogP) is -3.05. The van der Waals surface area contributed by atoms with Crippen molar-refractivity contribution in [2.24, 2.45) is 5.73 Å². The van der Waals surface area contributed by atoms with E-state index in [1.807, 2.05) is 0 Å². The smallest absolute Gasteiger partial charge is 0.284 e. The molecule has 0 aromatic carbocycles. The van der Waals surface area contributed by atoms with Crippen LogP contribution >= 0.6 is 0 Å². The minimum Gasteiger partial charge on any atom is -0.394 e. The summed E-state index contributed by atoms with van der Waals surface area (Å²) in [6.07, 6.45) is -2.66. The Bertz CT molecular complexity index is 544. The Balaban J connectivity index is 2.41. The number of carbonyl (C=O) groups is 1. The van der Waals surface area contributed by atoms with Gasteiger partial charge in [0, 0.05) is 12.4 Å². The first-order chi connectivity index (χ1) is 8.97. The highest BCUT2D eigenvalue weighted by molar-refractivity contribution is 5.90. The molecule has 104 valence electrons. The number of hydrogen-bond acceptors (Lipinski definition) is 7. The Morgan fingerprint density at radius 1 is 1.47 bits per heavy atom. The average Bonchev–Trinajstić information content (AvgIpc) is 2.66. The fraction of sp³-hybridized carbons (Fsp3) is 0.500.